The molecule has 0 spiro atoms. The van der Waals surface area contributed by atoms with Crippen molar-refractivity contribution in [3.05, 3.63) is 64.4 Å². The van der Waals surface area contributed by atoms with Gasteiger partial charge in [0, 0.05) is 26.1 Å². The average Bonchev–Trinajstić information content (AvgIpc) is 2.86. The van der Waals surface area contributed by atoms with Crippen LogP contribution in [0.3, 0.4) is 0 Å². The third kappa shape index (κ3) is 6.74. The molecule has 0 amide bonds. The molecule has 0 bridgehead atoms. The van der Waals surface area contributed by atoms with Crippen LogP contribution in [0.15, 0.2) is 53.3 Å². The number of fused-ring (bicyclic) bond motifs is 1. The fraction of sp³-hybridized carbons (Fsp3) is 0.423. The van der Waals surface area contributed by atoms with Crippen molar-refractivity contribution in [3.63, 3.8) is 0 Å². The summed E-state index contributed by atoms with van der Waals surface area (Å²) in [5.74, 6) is 0.396. The Labute approximate surface area is 221 Å². The standard InChI is InChI=1S/C26H31N3O5.Mg.2H/c1-2-33-23(25(31)32)18-19-10-12-20(13-11-19)34-17-16-29-24(30)21-8-4-5-9-22(21)27-26(29)28-14-6-3-7-15-28;;;/h4-5,8-13,23H,2-3,6-7,14-18H2,1H3,(H,31,32);;;. The number of hydrogen-bond acceptors (Lipinski definition) is 6. The van der Waals surface area contributed by atoms with Crippen molar-refractivity contribution in [3.8, 4) is 5.75 Å². The normalized spacial score (nSPS) is 14.4. The van der Waals surface area contributed by atoms with Gasteiger partial charge < -0.3 is 19.5 Å². The first-order valence-corrected chi connectivity index (χ1v) is 11.9. The van der Waals surface area contributed by atoms with Crippen LogP contribution in [0.5, 0.6) is 5.75 Å². The maximum Gasteiger partial charge on any atom is 0.333 e. The SMILES string of the molecule is CCOC(Cc1ccc(OCCn2c(N3CCCCC3)nc3ccccc3c2=O)cc1)C(=O)O.[MgH2]. The lowest BCUT2D eigenvalue weighted by Gasteiger charge is -2.29. The highest BCUT2D eigenvalue weighted by atomic mass is 24.3. The van der Waals surface area contributed by atoms with E-state index in [0.717, 1.165) is 31.5 Å². The minimum Gasteiger partial charge on any atom is -0.492 e. The van der Waals surface area contributed by atoms with E-state index >= 15 is 0 Å². The van der Waals surface area contributed by atoms with Crippen LogP contribution < -0.4 is 15.2 Å². The van der Waals surface area contributed by atoms with E-state index in [1.165, 1.54) is 6.42 Å². The smallest absolute Gasteiger partial charge is 0.333 e. The number of ether oxygens (including phenoxy) is 2. The van der Waals surface area contributed by atoms with Gasteiger partial charge in [0.1, 0.15) is 12.4 Å². The quantitative estimate of drug-likeness (QED) is 0.436. The molecule has 2 aromatic carbocycles. The minimum atomic E-state index is -0.971. The monoisotopic (exact) mass is 491 g/mol. The van der Waals surface area contributed by atoms with Crippen LogP contribution in [-0.2, 0) is 22.5 Å². The molecule has 184 valence electrons. The summed E-state index contributed by atoms with van der Waals surface area (Å²) in [5, 5.41) is 9.87. The summed E-state index contributed by atoms with van der Waals surface area (Å²) in [4.78, 5) is 31.6. The van der Waals surface area contributed by atoms with E-state index in [2.05, 4.69) is 4.90 Å². The molecule has 1 aliphatic heterocycles. The molecule has 2 heterocycles. The Hall–Kier alpha value is -2.62. The van der Waals surface area contributed by atoms with E-state index in [0.29, 0.717) is 48.8 Å². The first-order valence-electron chi connectivity index (χ1n) is 11.9. The molecule has 1 unspecified atom stereocenters. The van der Waals surface area contributed by atoms with Crippen molar-refractivity contribution in [1.29, 1.82) is 0 Å². The van der Waals surface area contributed by atoms with Gasteiger partial charge in [-0.05, 0) is 56.0 Å². The van der Waals surface area contributed by atoms with E-state index in [1.54, 1.807) is 11.5 Å². The molecule has 1 aromatic heterocycles. The lowest BCUT2D eigenvalue weighted by atomic mass is 10.1. The van der Waals surface area contributed by atoms with Gasteiger partial charge in [-0.2, -0.15) is 0 Å². The van der Waals surface area contributed by atoms with Gasteiger partial charge in [-0.25, -0.2) is 9.78 Å². The second-order valence-corrected chi connectivity index (χ2v) is 8.41. The molecule has 1 atom stereocenters. The van der Waals surface area contributed by atoms with Crippen LogP contribution in [0.4, 0.5) is 5.95 Å². The number of carboxylic acid groups (broad SMARTS) is 1. The number of carboxylic acids is 1. The van der Waals surface area contributed by atoms with Gasteiger partial charge in [0.25, 0.3) is 5.56 Å². The van der Waals surface area contributed by atoms with E-state index in [-0.39, 0.29) is 28.6 Å². The summed E-state index contributed by atoms with van der Waals surface area (Å²) in [5.41, 5.74) is 1.52. The first-order chi connectivity index (χ1) is 16.6. The number of rotatable bonds is 10. The van der Waals surface area contributed by atoms with Gasteiger partial charge in [0.05, 0.1) is 17.4 Å². The molecule has 1 N–H and O–H groups in total. The van der Waals surface area contributed by atoms with Crippen molar-refractivity contribution < 1.29 is 19.4 Å². The third-order valence-corrected chi connectivity index (χ3v) is 6.05. The fourth-order valence-corrected chi connectivity index (χ4v) is 4.30. The summed E-state index contributed by atoms with van der Waals surface area (Å²) < 4.78 is 12.9. The number of nitrogens with zero attached hydrogens (tertiary/aromatic N) is 3. The molecule has 3 aromatic rings. The van der Waals surface area contributed by atoms with Gasteiger partial charge >= 0.3 is 29.0 Å². The van der Waals surface area contributed by atoms with Crippen LogP contribution in [0.2, 0.25) is 0 Å². The zero-order chi connectivity index (χ0) is 23.9. The van der Waals surface area contributed by atoms with E-state index in [1.807, 2.05) is 48.5 Å². The molecule has 0 radical (unpaired) electrons. The Kier molecular flexibility index (Phi) is 9.94. The van der Waals surface area contributed by atoms with Crippen molar-refractivity contribution in [2.24, 2.45) is 0 Å². The molecule has 4 rings (SSSR count). The number of piperidine rings is 1. The zero-order valence-electron chi connectivity index (χ0n) is 19.5. The second-order valence-electron chi connectivity index (χ2n) is 8.41. The van der Waals surface area contributed by atoms with E-state index in [4.69, 9.17) is 14.5 Å². The number of hydrogen-bond donors (Lipinski definition) is 1. The largest absolute Gasteiger partial charge is 0.492 e. The predicted octanol–water partition coefficient (Wildman–Crippen LogP) is 2.58. The van der Waals surface area contributed by atoms with Gasteiger partial charge in [-0.1, -0.05) is 24.3 Å². The van der Waals surface area contributed by atoms with E-state index in [9.17, 15) is 14.7 Å². The minimum absolute atomic E-state index is 0. The van der Waals surface area contributed by atoms with Crippen LogP contribution in [0, 0.1) is 0 Å². The second kappa shape index (κ2) is 12.9. The molecule has 1 aliphatic rings. The maximum absolute atomic E-state index is 13.3. The van der Waals surface area contributed by atoms with Crippen LogP contribution in [-0.4, -0.2) is 76.1 Å². The van der Waals surface area contributed by atoms with E-state index < -0.39 is 12.1 Å². The Balaban J connectivity index is 0.00000342. The molecule has 35 heavy (non-hydrogen) atoms. The predicted molar refractivity (Wildman–Crippen MR) is 139 cm³/mol. The highest BCUT2D eigenvalue weighted by Gasteiger charge is 2.20. The van der Waals surface area contributed by atoms with Crippen molar-refractivity contribution in [2.45, 2.75) is 45.3 Å². The van der Waals surface area contributed by atoms with Gasteiger partial charge in [-0.3, -0.25) is 9.36 Å². The molecule has 0 saturated carbocycles. The summed E-state index contributed by atoms with van der Waals surface area (Å²) in [7, 11) is 0. The lowest BCUT2D eigenvalue weighted by Crippen LogP contribution is -2.37. The summed E-state index contributed by atoms with van der Waals surface area (Å²) in [6, 6.07) is 14.8. The Bertz CT molecular complexity index is 1180. The zero-order valence-corrected chi connectivity index (χ0v) is 19.5. The highest BCUT2D eigenvalue weighted by Crippen LogP contribution is 2.20. The number of carbonyl (C=O) groups is 1. The number of anilines is 1. The fourth-order valence-electron chi connectivity index (χ4n) is 4.30. The highest BCUT2D eigenvalue weighted by molar-refractivity contribution is 5.78. The van der Waals surface area contributed by atoms with Crippen LogP contribution in [0.25, 0.3) is 10.9 Å². The molecule has 9 heteroatoms. The van der Waals surface area contributed by atoms with Crippen molar-refractivity contribution in [1.82, 2.24) is 9.55 Å². The average molecular weight is 492 g/mol. The van der Waals surface area contributed by atoms with Crippen LogP contribution >= 0.6 is 0 Å². The molecule has 1 fully saturated rings. The Morgan fingerprint density at radius 3 is 2.49 bits per heavy atom. The maximum atomic E-state index is 13.3. The van der Waals surface area contributed by atoms with Gasteiger partial charge in [-0.15, -0.1) is 0 Å². The number of para-hydroxylation sites is 1. The Morgan fingerprint density at radius 1 is 1.09 bits per heavy atom. The molecule has 8 nitrogen and oxygen atoms in total. The van der Waals surface area contributed by atoms with Gasteiger partial charge in [0.2, 0.25) is 5.95 Å². The number of aromatic nitrogens is 2. The Morgan fingerprint density at radius 2 is 1.80 bits per heavy atom. The lowest BCUT2D eigenvalue weighted by molar-refractivity contribution is -0.149. The van der Waals surface area contributed by atoms with Gasteiger partial charge in [0.15, 0.2) is 6.10 Å². The number of aliphatic carboxylic acids is 1. The topological polar surface area (TPSA) is 93.9 Å². The summed E-state index contributed by atoms with van der Waals surface area (Å²) >= 11 is 0. The molecule has 0 aliphatic carbocycles. The molecular weight excluding hydrogens is 459 g/mol. The van der Waals surface area contributed by atoms with Crippen molar-refractivity contribution in [2.75, 3.05) is 31.2 Å². The molecule has 1 saturated heterocycles. The first kappa shape index (κ1) is 27.0. The third-order valence-electron chi connectivity index (χ3n) is 6.05. The number of benzene rings is 2. The van der Waals surface area contributed by atoms with Crippen molar-refractivity contribution >= 4 is 45.9 Å². The summed E-state index contributed by atoms with van der Waals surface area (Å²) in [6.07, 6.45) is 2.82. The summed E-state index contributed by atoms with van der Waals surface area (Å²) in [6.45, 7) is 4.62. The molecular formula is C26H33MgN3O5. The van der Waals surface area contributed by atoms with Crippen LogP contribution in [0.1, 0.15) is 31.7 Å².